The van der Waals surface area contributed by atoms with Crippen LogP contribution in [-0.2, 0) is 9.53 Å². The highest BCUT2D eigenvalue weighted by atomic mass is 16.5. The van der Waals surface area contributed by atoms with Gasteiger partial charge in [-0.15, -0.1) is 0 Å². The van der Waals surface area contributed by atoms with E-state index in [0.29, 0.717) is 19.8 Å². The minimum atomic E-state index is -0.901. The highest BCUT2D eigenvalue weighted by molar-refractivity contribution is 5.78. The van der Waals surface area contributed by atoms with Crippen molar-refractivity contribution in [2.75, 3.05) is 39.9 Å². The van der Waals surface area contributed by atoms with E-state index in [4.69, 9.17) is 9.84 Å². The number of nitrogens with one attached hydrogen (secondary N) is 1. The maximum atomic E-state index is 11.1. The summed E-state index contributed by atoms with van der Waals surface area (Å²) in [4.78, 5) is 13.2. The number of ether oxygens (including phenoxy) is 1. The molecule has 0 radical (unpaired) electrons. The fourth-order valence-corrected chi connectivity index (χ4v) is 1.39. The maximum absolute atomic E-state index is 11.1. The number of aliphatic carboxylic acids is 1. The van der Waals surface area contributed by atoms with Gasteiger partial charge in [-0.2, -0.15) is 0 Å². The third-order valence-corrected chi connectivity index (χ3v) is 2.77. The van der Waals surface area contributed by atoms with Crippen LogP contribution in [0.15, 0.2) is 0 Å². The van der Waals surface area contributed by atoms with E-state index in [9.17, 15) is 4.79 Å². The number of likely N-dealkylation sites (N-methyl/N-ethyl adjacent to an activating group) is 2. The number of rotatable bonds is 9. The van der Waals surface area contributed by atoms with Crippen molar-refractivity contribution in [2.45, 2.75) is 26.3 Å². The summed E-state index contributed by atoms with van der Waals surface area (Å²) in [5, 5.41) is 12.0. The summed E-state index contributed by atoms with van der Waals surface area (Å²) >= 11 is 0. The second kappa shape index (κ2) is 7.60. The van der Waals surface area contributed by atoms with Gasteiger partial charge in [-0.3, -0.25) is 9.69 Å². The van der Waals surface area contributed by atoms with Crippen LogP contribution >= 0.6 is 0 Å². The first-order valence-corrected chi connectivity index (χ1v) is 5.72. The first kappa shape index (κ1) is 15.3. The fourth-order valence-electron chi connectivity index (χ4n) is 1.39. The molecular formula is C11H24N2O3. The third kappa shape index (κ3) is 4.92. The molecule has 0 saturated carbocycles. The zero-order valence-corrected chi connectivity index (χ0v) is 10.7. The molecule has 1 atom stereocenters. The van der Waals surface area contributed by atoms with Crippen molar-refractivity contribution in [3.8, 4) is 0 Å². The molecule has 0 fully saturated rings. The highest BCUT2D eigenvalue weighted by Crippen LogP contribution is 2.06. The monoisotopic (exact) mass is 232 g/mol. The Kier molecular flexibility index (Phi) is 7.29. The Labute approximate surface area is 97.8 Å². The van der Waals surface area contributed by atoms with Crippen molar-refractivity contribution in [3.63, 3.8) is 0 Å². The van der Waals surface area contributed by atoms with Crippen LogP contribution in [0.3, 0.4) is 0 Å². The van der Waals surface area contributed by atoms with Crippen LogP contribution in [0, 0.1) is 0 Å². The summed E-state index contributed by atoms with van der Waals surface area (Å²) in [7, 11) is 1.67. The van der Waals surface area contributed by atoms with Gasteiger partial charge in [0.15, 0.2) is 0 Å². The fraction of sp³-hybridized carbons (Fsp3) is 0.909. The summed E-state index contributed by atoms with van der Waals surface area (Å²) in [5.74, 6) is -0.829. The van der Waals surface area contributed by atoms with Crippen molar-refractivity contribution in [2.24, 2.45) is 0 Å². The van der Waals surface area contributed by atoms with E-state index in [0.717, 1.165) is 13.1 Å². The lowest BCUT2D eigenvalue weighted by molar-refractivity contribution is -0.144. The maximum Gasteiger partial charge on any atom is 0.324 e. The van der Waals surface area contributed by atoms with Gasteiger partial charge in [0.1, 0.15) is 5.54 Å². The molecule has 16 heavy (non-hydrogen) atoms. The molecule has 0 amide bonds. The summed E-state index contributed by atoms with van der Waals surface area (Å²) in [6.45, 7) is 9.05. The van der Waals surface area contributed by atoms with Crippen LogP contribution in [0.5, 0.6) is 0 Å². The Balaban J connectivity index is 4.22. The summed E-state index contributed by atoms with van der Waals surface area (Å²) in [6.07, 6.45) is 0. The molecule has 0 heterocycles. The molecule has 0 aliphatic heterocycles. The summed E-state index contributed by atoms with van der Waals surface area (Å²) in [5.41, 5.74) is -0.901. The zero-order chi connectivity index (χ0) is 12.6. The van der Waals surface area contributed by atoms with E-state index in [2.05, 4.69) is 10.2 Å². The predicted octanol–water partition coefficient (Wildman–Crippen LogP) is 0.408. The van der Waals surface area contributed by atoms with E-state index in [1.54, 1.807) is 14.0 Å². The van der Waals surface area contributed by atoms with Gasteiger partial charge in [0.25, 0.3) is 0 Å². The molecule has 5 heteroatoms. The molecular weight excluding hydrogens is 208 g/mol. The molecule has 0 spiro atoms. The molecule has 0 saturated heterocycles. The molecule has 96 valence electrons. The molecule has 0 aliphatic rings. The van der Waals surface area contributed by atoms with E-state index in [-0.39, 0.29) is 0 Å². The lowest BCUT2D eigenvalue weighted by Gasteiger charge is -2.31. The molecule has 0 aliphatic carbocycles. The van der Waals surface area contributed by atoms with Gasteiger partial charge < -0.3 is 15.2 Å². The van der Waals surface area contributed by atoms with Crippen molar-refractivity contribution < 1.29 is 14.6 Å². The van der Waals surface area contributed by atoms with Gasteiger partial charge in [0.05, 0.1) is 6.61 Å². The van der Waals surface area contributed by atoms with Crippen molar-refractivity contribution in [1.29, 1.82) is 0 Å². The highest BCUT2D eigenvalue weighted by Gasteiger charge is 2.32. The molecule has 1 unspecified atom stereocenters. The topological polar surface area (TPSA) is 61.8 Å². The zero-order valence-electron chi connectivity index (χ0n) is 10.7. The van der Waals surface area contributed by atoms with Crippen molar-refractivity contribution in [1.82, 2.24) is 10.2 Å². The minimum Gasteiger partial charge on any atom is -0.480 e. The van der Waals surface area contributed by atoms with Gasteiger partial charge in [-0.25, -0.2) is 0 Å². The standard InChI is InChI=1S/C11H24N2O3/c1-5-13(7-8-16-6-2)9-11(3,12-4)10(14)15/h12H,5-9H2,1-4H3,(H,14,15). The Morgan fingerprint density at radius 1 is 1.50 bits per heavy atom. The van der Waals surface area contributed by atoms with Crippen LogP contribution in [0.1, 0.15) is 20.8 Å². The Morgan fingerprint density at radius 3 is 2.50 bits per heavy atom. The lowest BCUT2D eigenvalue weighted by Crippen LogP contribution is -2.56. The predicted molar refractivity (Wildman–Crippen MR) is 63.7 cm³/mol. The first-order valence-electron chi connectivity index (χ1n) is 5.72. The quantitative estimate of drug-likeness (QED) is 0.564. The van der Waals surface area contributed by atoms with Gasteiger partial charge >= 0.3 is 5.97 Å². The van der Waals surface area contributed by atoms with Crippen LogP contribution in [0.25, 0.3) is 0 Å². The minimum absolute atomic E-state index is 0.475. The number of hydrogen-bond acceptors (Lipinski definition) is 4. The second-order valence-corrected chi connectivity index (χ2v) is 3.95. The molecule has 2 N–H and O–H groups in total. The van der Waals surface area contributed by atoms with Crippen LogP contribution in [0.4, 0.5) is 0 Å². The lowest BCUT2D eigenvalue weighted by atomic mass is 10.0. The molecule has 0 aromatic rings. The van der Waals surface area contributed by atoms with E-state index in [1.807, 2.05) is 13.8 Å². The molecule has 5 nitrogen and oxygen atoms in total. The average Bonchev–Trinajstić information content (AvgIpc) is 2.27. The molecule has 0 aromatic carbocycles. The van der Waals surface area contributed by atoms with E-state index < -0.39 is 11.5 Å². The van der Waals surface area contributed by atoms with Crippen LogP contribution in [0.2, 0.25) is 0 Å². The van der Waals surface area contributed by atoms with Gasteiger partial charge in [0.2, 0.25) is 0 Å². The molecule has 0 bridgehead atoms. The SMILES string of the molecule is CCOCCN(CC)CC(C)(NC)C(=O)O. The van der Waals surface area contributed by atoms with Crippen LogP contribution < -0.4 is 5.32 Å². The Morgan fingerprint density at radius 2 is 2.12 bits per heavy atom. The Bertz CT molecular complexity index is 211. The van der Waals surface area contributed by atoms with E-state index >= 15 is 0 Å². The van der Waals surface area contributed by atoms with Gasteiger partial charge in [-0.1, -0.05) is 6.92 Å². The number of nitrogens with zero attached hydrogens (tertiary/aromatic N) is 1. The van der Waals surface area contributed by atoms with Crippen LogP contribution in [-0.4, -0.2) is 61.4 Å². The molecule has 0 aromatic heterocycles. The van der Waals surface area contributed by atoms with Crippen molar-refractivity contribution >= 4 is 5.97 Å². The van der Waals surface area contributed by atoms with E-state index in [1.165, 1.54) is 0 Å². The normalized spacial score (nSPS) is 15.1. The second-order valence-electron chi connectivity index (χ2n) is 3.95. The smallest absolute Gasteiger partial charge is 0.324 e. The third-order valence-electron chi connectivity index (χ3n) is 2.77. The molecule has 0 rings (SSSR count). The number of hydrogen-bond donors (Lipinski definition) is 2. The van der Waals surface area contributed by atoms with Gasteiger partial charge in [0, 0.05) is 19.7 Å². The average molecular weight is 232 g/mol. The summed E-state index contributed by atoms with van der Waals surface area (Å²) in [6, 6.07) is 0. The number of carboxylic acid groups (broad SMARTS) is 1. The Hall–Kier alpha value is -0.650. The summed E-state index contributed by atoms with van der Waals surface area (Å²) < 4.78 is 5.26. The number of carbonyl (C=O) groups is 1. The van der Waals surface area contributed by atoms with Gasteiger partial charge in [-0.05, 0) is 27.4 Å². The number of carboxylic acids is 1. The largest absolute Gasteiger partial charge is 0.480 e. The van der Waals surface area contributed by atoms with Crippen molar-refractivity contribution in [3.05, 3.63) is 0 Å². The first-order chi connectivity index (χ1) is 7.50.